The molecule has 4 N–H and O–H groups in total. The van der Waals surface area contributed by atoms with Gasteiger partial charge in [0.2, 0.25) is 11.8 Å². The van der Waals surface area contributed by atoms with Gasteiger partial charge in [0.15, 0.2) is 17.0 Å². The number of anilines is 1. The second kappa shape index (κ2) is 12.3. The second-order valence-electron chi connectivity index (χ2n) is 8.49. The minimum atomic E-state index is -0.243. The number of hydrogen-bond donors (Lipinski definition) is 3. The fraction of sp³-hybridized carbons (Fsp3) is 0.458. The molecule has 1 fully saturated rings. The highest BCUT2D eigenvalue weighted by Gasteiger charge is 2.18. The number of amides is 2. The minimum absolute atomic E-state index is 0.0289. The van der Waals surface area contributed by atoms with Gasteiger partial charge >= 0.3 is 6.01 Å². The highest BCUT2D eigenvalue weighted by atomic mass is 16.5. The Bertz CT molecular complexity index is 1220. The number of carbonyl (C=O) groups is 2. The van der Waals surface area contributed by atoms with E-state index in [9.17, 15) is 14.7 Å². The van der Waals surface area contributed by atoms with Gasteiger partial charge in [0.25, 0.3) is 6.01 Å². The first-order chi connectivity index (χ1) is 17.9. The molecule has 1 aromatic carbocycles. The van der Waals surface area contributed by atoms with Gasteiger partial charge in [0, 0.05) is 39.6 Å². The van der Waals surface area contributed by atoms with Crippen LogP contribution in [0, 0.1) is 0 Å². The minimum Gasteiger partial charge on any atom is -0.480 e. The van der Waals surface area contributed by atoms with E-state index >= 15 is 0 Å². The van der Waals surface area contributed by atoms with Gasteiger partial charge in [-0.1, -0.05) is 24.3 Å². The number of aromatic hydroxyl groups is 1. The molecule has 2 aromatic heterocycles. The number of methoxy groups -OCH3 is 1. The van der Waals surface area contributed by atoms with Gasteiger partial charge < -0.3 is 35.3 Å². The van der Waals surface area contributed by atoms with E-state index in [4.69, 9.17) is 19.9 Å². The number of nitrogens with two attached hydrogens (primary N) is 1. The second-order valence-corrected chi connectivity index (χ2v) is 8.49. The summed E-state index contributed by atoms with van der Waals surface area (Å²) >= 11 is 0. The number of morpholine rings is 1. The summed E-state index contributed by atoms with van der Waals surface area (Å²) in [7, 11) is 1.56. The number of carbonyl (C=O) groups excluding carboxylic acids is 2. The molecule has 1 saturated heterocycles. The summed E-state index contributed by atoms with van der Waals surface area (Å²) in [5, 5.41) is 13.2. The van der Waals surface area contributed by atoms with Gasteiger partial charge in [-0.25, -0.2) is 0 Å². The van der Waals surface area contributed by atoms with E-state index in [1.807, 2.05) is 24.3 Å². The molecule has 1 aliphatic heterocycles. The maximum Gasteiger partial charge on any atom is 0.320 e. The van der Waals surface area contributed by atoms with E-state index in [0.717, 1.165) is 11.1 Å². The molecule has 2 amide bonds. The average molecular weight is 514 g/mol. The third-order valence-corrected chi connectivity index (χ3v) is 5.88. The zero-order valence-corrected chi connectivity index (χ0v) is 20.7. The van der Waals surface area contributed by atoms with Crippen LogP contribution in [0.25, 0.3) is 11.2 Å². The van der Waals surface area contributed by atoms with Gasteiger partial charge in [0.05, 0.1) is 26.4 Å². The largest absolute Gasteiger partial charge is 0.480 e. The smallest absolute Gasteiger partial charge is 0.320 e. The number of aromatic nitrogens is 4. The molecule has 198 valence electrons. The van der Waals surface area contributed by atoms with E-state index < -0.39 is 0 Å². The molecule has 13 heteroatoms. The van der Waals surface area contributed by atoms with Crippen LogP contribution in [-0.4, -0.2) is 88.0 Å². The van der Waals surface area contributed by atoms with E-state index in [1.165, 1.54) is 4.57 Å². The molecular formula is C24H31N7O6. The van der Waals surface area contributed by atoms with Crippen molar-refractivity contribution in [1.82, 2.24) is 29.7 Å². The predicted octanol–water partition coefficient (Wildman–Crippen LogP) is 0.443. The topological polar surface area (TPSA) is 167 Å². The number of ether oxygens (including phenoxy) is 3. The third kappa shape index (κ3) is 6.83. The number of nitrogen functional groups attached to an aromatic ring is 1. The number of imidazole rings is 1. The molecule has 0 bridgehead atoms. The molecule has 0 radical (unpaired) electrons. The van der Waals surface area contributed by atoms with Gasteiger partial charge in [-0.2, -0.15) is 15.0 Å². The van der Waals surface area contributed by atoms with Gasteiger partial charge in [-0.15, -0.1) is 0 Å². The van der Waals surface area contributed by atoms with Crippen LogP contribution in [0.15, 0.2) is 24.3 Å². The van der Waals surface area contributed by atoms with Crippen molar-refractivity contribution in [3.63, 3.8) is 0 Å². The van der Waals surface area contributed by atoms with Crippen molar-refractivity contribution in [2.24, 2.45) is 0 Å². The molecule has 3 heterocycles. The van der Waals surface area contributed by atoms with Crippen LogP contribution in [0.4, 0.5) is 5.82 Å². The zero-order valence-electron chi connectivity index (χ0n) is 20.7. The van der Waals surface area contributed by atoms with Crippen molar-refractivity contribution >= 4 is 28.8 Å². The summed E-state index contributed by atoms with van der Waals surface area (Å²) < 4.78 is 17.2. The summed E-state index contributed by atoms with van der Waals surface area (Å²) in [5.74, 6) is -0.107. The quantitative estimate of drug-likeness (QED) is 0.306. The molecule has 4 rings (SSSR count). The number of nitrogens with zero attached hydrogens (tertiary/aromatic N) is 5. The van der Waals surface area contributed by atoms with Crippen LogP contribution in [0.3, 0.4) is 0 Å². The standard InChI is InChI=1S/C24H31N7O6/c1-35-12-13-37-23-28-21(25)20-22(29-23)31(24(34)27-20)15-17-4-2-16(3-5-17)14-26-18(32)6-7-19(33)30-8-10-36-11-9-30/h2-5H,6-15H2,1H3,(H,26,32)(H,27,34)(H2,25,28,29). The van der Waals surface area contributed by atoms with Gasteiger partial charge in [0.1, 0.15) is 6.61 Å². The summed E-state index contributed by atoms with van der Waals surface area (Å²) in [4.78, 5) is 38.6. The van der Waals surface area contributed by atoms with Crippen LogP contribution in [0.2, 0.25) is 0 Å². The highest BCUT2D eigenvalue weighted by Crippen LogP contribution is 2.25. The maximum absolute atomic E-state index is 12.2. The normalized spacial score (nSPS) is 13.6. The van der Waals surface area contributed by atoms with E-state index in [-0.39, 0.29) is 61.2 Å². The van der Waals surface area contributed by atoms with Crippen LogP contribution in [-0.2, 0) is 32.2 Å². The van der Waals surface area contributed by atoms with Crippen molar-refractivity contribution in [2.45, 2.75) is 25.9 Å². The fourth-order valence-corrected chi connectivity index (χ4v) is 3.84. The lowest BCUT2D eigenvalue weighted by atomic mass is 10.1. The molecule has 3 aromatic rings. The summed E-state index contributed by atoms with van der Waals surface area (Å²) in [5.41, 5.74) is 8.38. The fourth-order valence-electron chi connectivity index (χ4n) is 3.84. The Morgan fingerprint density at radius 3 is 2.54 bits per heavy atom. The molecule has 0 unspecified atom stereocenters. The van der Waals surface area contributed by atoms with Crippen LogP contribution >= 0.6 is 0 Å². The Balaban J connectivity index is 1.32. The molecule has 13 nitrogen and oxygen atoms in total. The average Bonchev–Trinajstić information content (AvgIpc) is 3.23. The number of fused-ring (bicyclic) bond motifs is 1. The maximum atomic E-state index is 12.2. The van der Waals surface area contributed by atoms with E-state index in [2.05, 4.69) is 20.3 Å². The first-order valence-corrected chi connectivity index (χ1v) is 12.0. The number of rotatable bonds is 11. The van der Waals surface area contributed by atoms with E-state index in [0.29, 0.717) is 45.1 Å². The van der Waals surface area contributed by atoms with E-state index in [1.54, 1.807) is 12.0 Å². The first kappa shape index (κ1) is 26.1. The molecule has 0 aliphatic carbocycles. The monoisotopic (exact) mass is 513 g/mol. The number of benzene rings is 1. The zero-order chi connectivity index (χ0) is 26.2. The van der Waals surface area contributed by atoms with Crippen molar-refractivity contribution < 1.29 is 28.9 Å². The Kier molecular flexibility index (Phi) is 8.69. The van der Waals surface area contributed by atoms with Crippen LogP contribution in [0.5, 0.6) is 12.0 Å². The lowest BCUT2D eigenvalue weighted by Gasteiger charge is -2.26. The lowest BCUT2D eigenvalue weighted by Crippen LogP contribution is -2.41. The molecule has 0 spiro atoms. The summed E-state index contributed by atoms with van der Waals surface area (Å²) in [6, 6.07) is 7.36. The lowest BCUT2D eigenvalue weighted by molar-refractivity contribution is -0.137. The Morgan fingerprint density at radius 1 is 1.08 bits per heavy atom. The first-order valence-electron chi connectivity index (χ1n) is 12.0. The van der Waals surface area contributed by atoms with Crippen molar-refractivity contribution in [2.75, 3.05) is 52.4 Å². The van der Waals surface area contributed by atoms with Crippen LogP contribution in [0.1, 0.15) is 24.0 Å². The third-order valence-electron chi connectivity index (χ3n) is 5.88. The van der Waals surface area contributed by atoms with Crippen LogP contribution < -0.4 is 15.8 Å². The van der Waals surface area contributed by atoms with Gasteiger partial charge in [-0.05, 0) is 11.1 Å². The number of nitrogens with one attached hydrogen (secondary N) is 1. The molecule has 0 saturated carbocycles. The molecule has 37 heavy (non-hydrogen) atoms. The molecule has 1 aliphatic rings. The number of hydrogen-bond acceptors (Lipinski definition) is 10. The Labute approximate surface area is 213 Å². The molecule has 0 atom stereocenters. The Hall–Kier alpha value is -3.97. The SMILES string of the molecule is COCCOc1nc(N)c2nc(O)n(Cc3ccc(CNC(=O)CCC(=O)N4CCOCC4)cc3)c2n1. The Morgan fingerprint density at radius 2 is 1.81 bits per heavy atom. The highest BCUT2D eigenvalue weighted by molar-refractivity contribution is 5.84. The molecular weight excluding hydrogens is 482 g/mol. The summed E-state index contributed by atoms with van der Waals surface area (Å²) in [6.07, 6.45) is 0.323. The van der Waals surface area contributed by atoms with Crippen molar-refractivity contribution in [1.29, 1.82) is 0 Å². The predicted molar refractivity (Wildman–Crippen MR) is 133 cm³/mol. The van der Waals surface area contributed by atoms with Crippen molar-refractivity contribution in [3.8, 4) is 12.0 Å². The summed E-state index contributed by atoms with van der Waals surface area (Å²) in [6.45, 7) is 3.47. The van der Waals surface area contributed by atoms with Gasteiger partial charge in [-0.3, -0.25) is 14.2 Å². The van der Waals surface area contributed by atoms with Crippen molar-refractivity contribution in [3.05, 3.63) is 35.4 Å².